The van der Waals surface area contributed by atoms with Crippen LogP contribution in [0.25, 0.3) is 0 Å². The van der Waals surface area contributed by atoms with Crippen molar-refractivity contribution in [3.63, 3.8) is 0 Å². The van der Waals surface area contributed by atoms with Gasteiger partial charge in [-0.25, -0.2) is 4.79 Å². The van der Waals surface area contributed by atoms with E-state index < -0.39 is 0 Å². The molecule has 2 aromatic carbocycles. The molecule has 1 aliphatic rings. The molecule has 0 atom stereocenters. The molecule has 0 saturated heterocycles. The molecule has 0 spiro atoms. The molecule has 0 radical (unpaired) electrons. The highest BCUT2D eigenvalue weighted by Crippen LogP contribution is 2.29. The summed E-state index contributed by atoms with van der Waals surface area (Å²) < 4.78 is 7.49. The summed E-state index contributed by atoms with van der Waals surface area (Å²) >= 11 is 0. The Balaban J connectivity index is 1.58. The van der Waals surface area contributed by atoms with Crippen molar-refractivity contribution in [1.29, 1.82) is 10.5 Å². The molecule has 0 amide bonds. The first kappa shape index (κ1) is 19.5. The van der Waals surface area contributed by atoms with E-state index in [9.17, 15) is 4.79 Å². The number of hydrogen-bond donors (Lipinski definition) is 0. The predicted molar refractivity (Wildman–Crippen MR) is 112 cm³/mol. The summed E-state index contributed by atoms with van der Waals surface area (Å²) in [6.07, 6.45) is 6.62. The minimum atomic E-state index is -0.296. The Morgan fingerprint density at radius 2 is 1.77 bits per heavy atom. The van der Waals surface area contributed by atoms with Crippen LogP contribution < -0.4 is 0 Å². The lowest BCUT2D eigenvalue weighted by molar-refractivity contribution is 0.0485. The van der Waals surface area contributed by atoms with E-state index in [4.69, 9.17) is 15.3 Å². The number of carbonyl (C=O) groups is 1. The zero-order valence-corrected chi connectivity index (χ0v) is 16.5. The van der Waals surface area contributed by atoms with Crippen molar-refractivity contribution in [2.45, 2.75) is 25.8 Å². The Hall–Kier alpha value is -3.83. The molecule has 30 heavy (non-hydrogen) atoms. The van der Waals surface area contributed by atoms with Crippen molar-refractivity contribution in [3.05, 3.63) is 94.3 Å². The average Bonchev–Trinajstić information content (AvgIpc) is 3.53. The highest BCUT2D eigenvalue weighted by Gasteiger charge is 2.24. The summed E-state index contributed by atoms with van der Waals surface area (Å²) in [5.74, 6) is 0.210. The second-order valence-electron chi connectivity index (χ2n) is 7.71. The molecule has 0 N–H and O–H groups in total. The smallest absolute Gasteiger partial charge is 0.339 e. The highest BCUT2D eigenvalue weighted by molar-refractivity contribution is 5.91. The molecule has 0 aliphatic heterocycles. The molecule has 1 saturated carbocycles. The molecular weight excluding hydrogens is 374 g/mol. The maximum absolute atomic E-state index is 12.7. The summed E-state index contributed by atoms with van der Waals surface area (Å²) in [6.45, 7) is 1.04. The van der Waals surface area contributed by atoms with Crippen molar-refractivity contribution in [2.75, 3.05) is 6.61 Å². The van der Waals surface area contributed by atoms with Crippen LogP contribution in [-0.2, 0) is 17.7 Å². The third-order valence-corrected chi connectivity index (χ3v) is 5.23. The first-order valence-electron chi connectivity index (χ1n) is 9.98. The number of benzene rings is 2. The Bertz CT molecular complexity index is 1140. The maximum Gasteiger partial charge on any atom is 0.339 e. The zero-order chi connectivity index (χ0) is 20.9. The van der Waals surface area contributed by atoms with E-state index in [1.807, 2.05) is 47.3 Å². The normalized spacial score (nSPS) is 12.7. The van der Waals surface area contributed by atoms with Crippen LogP contribution in [0.5, 0.6) is 0 Å². The van der Waals surface area contributed by atoms with Crippen molar-refractivity contribution < 1.29 is 9.53 Å². The third-order valence-electron chi connectivity index (χ3n) is 5.23. The topological polar surface area (TPSA) is 78.8 Å². The van der Waals surface area contributed by atoms with Crippen LogP contribution in [0.15, 0.2) is 60.9 Å². The quantitative estimate of drug-likeness (QED) is 0.554. The molecule has 3 aromatic rings. The van der Waals surface area contributed by atoms with E-state index in [2.05, 4.69) is 12.1 Å². The lowest BCUT2D eigenvalue weighted by Gasteiger charge is -2.05. The van der Waals surface area contributed by atoms with E-state index >= 15 is 0 Å². The molecule has 4 rings (SSSR count). The molecule has 0 bridgehead atoms. The summed E-state index contributed by atoms with van der Waals surface area (Å²) in [7, 11) is 0. The van der Waals surface area contributed by atoms with Gasteiger partial charge in [-0.05, 0) is 66.1 Å². The SMILES string of the molecule is N#Cc1ccc(Cc2cn(Cc3cccc(C#N)c3)cc2C(=O)OCC2CC2)cc1. The van der Waals surface area contributed by atoms with Gasteiger partial charge in [-0.15, -0.1) is 0 Å². The Kier molecular flexibility index (Phi) is 5.63. The predicted octanol–water partition coefficient (Wildman–Crippen LogP) is 4.44. The second kappa shape index (κ2) is 8.68. The van der Waals surface area contributed by atoms with E-state index in [0.717, 1.165) is 29.5 Å². The fourth-order valence-corrected chi connectivity index (χ4v) is 3.39. The van der Waals surface area contributed by atoms with Gasteiger partial charge in [-0.1, -0.05) is 24.3 Å². The molecule has 1 heterocycles. The highest BCUT2D eigenvalue weighted by atomic mass is 16.5. The number of ether oxygens (including phenoxy) is 1. The lowest BCUT2D eigenvalue weighted by Crippen LogP contribution is -2.09. The largest absolute Gasteiger partial charge is 0.462 e. The minimum Gasteiger partial charge on any atom is -0.462 e. The third kappa shape index (κ3) is 4.77. The molecule has 0 unspecified atom stereocenters. The van der Waals surface area contributed by atoms with Gasteiger partial charge in [0.15, 0.2) is 0 Å². The summed E-state index contributed by atoms with van der Waals surface area (Å²) in [4.78, 5) is 12.7. The summed E-state index contributed by atoms with van der Waals surface area (Å²) in [6, 6.07) is 19.1. The van der Waals surface area contributed by atoms with Crippen LogP contribution in [0.4, 0.5) is 0 Å². The van der Waals surface area contributed by atoms with Gasteiger partial charge >= 0.3 is 5.97 Å². The molecule has 5 heteroatoms. The minimum absolute atomic E-state index is 0.296. The molecule has 148 valence electrons. The standard InChI is InChI=1S/C25H21N3O2/c26-12-19-6-4-18(5-7-19)11-23-15-28(14-22-3-1-2-21(10-22)13-27)16-24(23)25(29)30-17-20-8-9-20/h1-7,10,15-16,20H,8-9,11,14,17H2. The number of nitrogens with zero attached hydrogens (tertiary/aromatic N) is 3. The van der Waals surface area contributed by atoms with Crippen molar-refractivity contribution >= 4 is 5.97 Å². The summed E-state index contributed by atoms with van der Waals surface area (Å²) in [5, 5.41) is 18.1. The van der Waals surface area contributed by atoms with Gasteiger partial charge < -0.3 is 9.30 Å². The van der Waals surface area contributed by atoms with Crippen LogP contribution in [0.1, 0.15) is 51.0 Å². The number of aromatic nitrogens is 1. The molecule has 1 aliphatic carbocycles. The number of esters is 1. The molecular formula is C25H21N3O2. The van der Waals surface area contributed by atoms with Gasteiger partial charge in [0.25, 0.3) is 0 Å². The molecule has 5 nitrogen and oxygen atoms in total. The number of nitriles is 2. The van der Waals surface area contributed by atoms with E-state index in [0.29, 0.717) is 42.2 Å². The van der Waals surface area contributed by atoms with Crippen LogP contribution >= 0.6 is 0 Å². The van der Waals surface area contributed by atoms with Gasteiger partial charge in [0.1, 0.15) is 0 Å². The second-order valence-corrected chi connectivity index (χ2v) is 7.71. The fraction of sp³-hybridized carbons (Fsp3) is 0.240. The van der Waals surface area contributed by atoms with Crippen LogP contribution in [-0.4, -0.2) is 17.1 Å². The van der Waals surface area contributed by atoms with Gasteiger partial charge in [-0.2, -0.15) is 10.5 Å². The Labute approximate surface area is 175 Å². The van der Waals surface area contributed by atoms with Gasteiger partial charge in [0.2, 0.25) is 0 Å². The van der Waals surface area contributed by atoms with Crippen LogP contribution in [0.2, 0.25) is 0 Å². The van der Waals surface area contributed by atoms with E-state index in [-0.39, 0.29) is 5.97 Å². The monoisotopic (exact) mass is 395 g/mol. The molecule has 1 aromatic heterocycles. The fourth-order valence-electron chi connectivity index (χ4n) is 3.39. The van der Waals surface area contributed by atoms with Gasteiger partial charge in [-0.3, -0.25) is 0 Å². The number of rotatable bonds is 7. The maximum atomic E-state index is 12.7. The number of carbonyl (C=O) groups excluding carboxylic acids is 1. The van der Waals surface area contributed by atoms with Crippen molar-refractivity contribution in [2.24, 2.45) is 5.92 Å². The Morgan fingerprint density at radius 3 is 2.47 bits per heavy atom. The van der Waals surface area contributed by atoms with Gasteiger partial charge in [0.05, 0.1) is 35.4 Å². The average molecular weight is 395 g/mol. The van der Waals surface area contributed by atoms with E-state index in [1.54, 1.807) is 18.2 Å². The van der Waals surface area contributed by atoms with Gasteiger partial charge in [0, 0.05) is 18.9 Å². The number of hydrogen-bond acceptors (Lipinski definition) is 4. The van der Waals surface area contributed by atoms with E-state index in [1.165, 1.54) is 0 Å². The van der Waals surface area contributed by atoms with Crippen molar-refractivity contribution in [1.82, 2.24) is 4.57 Å². The molecule has 1 fully saturated rings. The first-order valence-corrected chi connectivity index (χ1v) is 9.98. The lowest BCUT2D eigenvalue weighted by atomic mass is 10.0. The zero-order valence-electron chi connectivity index (χ0n) is 16.5. The summed E-state index contributed by atoms with van der Waals surface area (Å²) in [5.41, 5.74) is 4.69. The van der Waals surface area contributed by atoms with Crippen LogP contribution in [0.3, 0.4) is 0 Å². The first-order chi connectivity index (χ1) is 14.6. The Morgan fingerprint density at radius 1 is 1.00 bits per heavy atom. The van der Waals surface area contributed by atoms with Crippen molar-refractivity contribution in [3.8, 4) is 12.1 Å². The van der Waals surface area contributed by atoms with Crippen LogP contribution in [0, 0.1) is 28.6 Å².